The number of rotatable bonds is 6. The van der Waals surface area contributed by atoms with Crippen molar-refractivity contribution in [1.82, 2.24) is 9.97 Å². The highest BCUT2D eigenvalue weighted by Gasteiger charge is 2.24. The van der Waals surface area contributed by atoms with E-state index < -0.39 is 17.5 Å². The van der Waals surface area contributed by atoms with Gasteiger partial charge in [-0.25, -0.2) is 13.8 Å². The van der Waals surface area contributed by atoms with Gasteiger partial charge in [-0.05, 0) is 49.4 Å². The Kier molecular flexibility index (Phi) is 5.67. The quantitative estimate of drug-likeness (QED) is 0.425. The van der Waals surface area contributed by atoms with Crippen LogP contribution in [0.3, 0.4) is 0 Å². The van der Waals surface area contributed by atoms with E-state index in [9.17, 15) is 13.6 Å². The molecule has 5 nitrogen and oxygen atoms in total. The van der Waals surface area contributed by atoms with Gasteiger partial charge in [0.05, 0.1) is 23.5 Å². The van der Waals surface area contributed by atoms with Crippen LogP contribution in [0.4, 0.5) is 13.9 Å². The van der Waals surface area contributed by atoms with E-state index in [-0.39, 0.29) is 12.1 Å². The summed E-state index contributed by atoms with van der Waals surface area (Å²) in [5.41, 5.74) is 1.30. The first-order chi connectivity index (χ1) is 14.6. The van der Waals surface area contributed by atoms with E-state index in [2.05, 4.69) is 9.97 Å². The van der Waals surface area contributed by atoms with E-state index in [4.69, 9.17) is 4.74 Å². The fraction of sp³-hybridized carbons (Fsp3) is 0.136. The van der Waals surface area contributed by atoms with Gasteiger partial charge in [-0.1, -0.05) is 23.5 Å². The molecule has 0 radical (unpaired) electrons. The largest absolute Gasteiger partial charge is 0.492 e. The molecule has 2 aromatic heterocycles. The van der Waals surface area contributed by atoms with E-state index in [1.165, 1.54) is 22.3 Å². The molecular weight excluding hydrogens is 408 g/mol. The van der Waals surface area contributed by atoms with Gasteiger partial charge in [0.25, 0.3) is 5.91 Å². The van der Waals surface area contributed by atoms with Gasteiger partial charge in [0, 0.05) is 11.8 Å². The topological polar surface area (TPSA) is 55.3 Å². The summed E-state index contributed by atoms with van der Waals surface area (Å²) in [6.45, 7) is 2.49. The molecule has 2 aromatic carbocycles. The third-order valence-corrected chi connectivity index (χ3v) is 5.40. The number of ether oxygens (including phenoxy) is 1. The monoisotopic (exact) mass is 425 g/mol. The van der Waals surface area contributed by atoms with Crippen LogP contribution in [0.15, 0.2) is 60.8 Å². The van der Waals surface area contributed by atoms with Gasteiger partial charge in [-0.15, -0.1) is 0 Å². The first-order valence-electron chi connectivity index (χ1n) is 9.26. The standard InChI is InChI=1S/C22H17F2N3O2S/c1-2-29-18-7-5-8-19-20(18)26-22(30-19)27(13-15-6-3-4-11-25-15)21(28)14-9-10-16(23)17(24)12-14/h3-12H,2,13H2,1H3. The second kappa shape index (κ2) is 8.54. The van der Waals surface area contributed by atoms with Gasteiger partial charge in [-0.3, -0.25) is 14.7 Å². The summed E-state index contributed by atoms with van der Waals surface area (Å²) in [6.07, 6.45) is 1.63. The normalized spacial score (nSPS) is 10.9. The third kappa shape index (κ3) is 3.99. The smallest absolute Gasteiger partial charge is 0.260 e. The highest BCUT2D eigenvalue weighted by molar-refractivity contribution is 7.22. The Bertz CT molecular complexity index is 1200. The molecule has 0 aliphatic carbocycles. The molecule has 4 aromatic rings. The number of fused-ring (bicyclic) bond motifs is 1. The van der Waals surface area contributed by atoms with Gasteiger partial charge in [0.1, 0.15) is 11.3 Å². The summed E-state index contributed by atoms with van der Waals surface area (Å²) in [6, 6.07) is 14.0. The Hall–Kier alpha value is -3.39. The molecule has 8 heteroatoms. The summed E-state index contributed by atoms with van der Waals surface area (Å²) < 4.78 is 33.6. The molecule has 0 aliphatic rings. The number of hydrogen-bond acceptors (Lipinski definition) is 5. The minimum Gasteiger partial charge on any atom is -0.492 e. The van der Waals surface area contributed by atoms with Gasteiger partial charge < -0.3 is 4.74 Å². The molecule has 2 heterocycles. The van der Waals surface area contributed by atoms with E-state index in [1.807, 2.05) is 31.2 Å². The lowest BCUT2D eigenvalue weighted by Gasteiger charge is -2.19. The number of anilines is 1. The Morgan fingerprint density at radius 3 is 2.70 bits per heavy atom. The van der Waals surface area contributed by atoms with Crippen LogP contribution in [-0.4, -0.2) is 22.5 Å². The molecule has 0 saturated heterocycles. The molecule has 0 unspecified atom stereocenters. The Labute approximate surface area is 175 Å². The van der Waals surface area contributed by atoms with Crippen molar-refractivity contribution in [1.29, 1.82) is 0 Å². The molecule has 0 spiro atoms. The molecule has 0 atom stereocenters. The average Bonchev–Trinajstić information content (AvgIpc) is 3.19. The first kappa shape index (κ1) is 19.9. The molecule has 152 valence electrons. The molecule has 0 aliphatic heterocycles. The van der Waals surface area contributed by atoms with E-state index in [0.717, 1.165) is 16.8 Å². The van der Waals surface area contributed by atoms with Gasteiger partial charge in [-0.2, -0.15) is 0 Å². The van der Waals surface area contributed by atoms with Crippen molar-refractivity contribution in [3.63, 3.8) is 0 Å². The maximum atomic E-state index is 13.7. The lowest BCUT2D eigenvalue weighted by molar-refractivity contribution is 0.0984. The minimum atomic E-state index is -1.08. The van der Waals surface area contributed by atoms with Crippen molar-refractivity contribution in [2.45, 2.75) is 13.5 Å². The average molecular weight is 425 g/mol. The molecule has 30 heavy (non-hydrogen) atoms. The van der Waals surface area contributed by atoms with Crippen molar-refractivity contribution < 1.29 is 18.3 Å². The SMILES string of the molecule is CCOc1cccc2sc(N(Cc3ccccn3)C(=O)c3ccc(F)c(F)c3)nc12. The number of amides is 1. The van der Waals surface area contributed by atoms with Crippen LogP contribution in [0.1, 0.15) is 23.0 Å². The van der Waals surface area contributed by atoms with Crippen molar-refractivity contribution in [3.05, 3.63) is 83.7 Å². The number of halogens is 2. The second-order valence-corrected chi connectivity index (χ2v) is 7.38. The number of carbonyl (C=O) groups excluding carboxylic acids is 1. The molecular formula is C22H17F2N3O2S. The summed E-state index contributed by atoms with van der Waals surface area (Å²) in [5.74, 6) is -1.97. The van der Waals surface area contributed by atoms with Crippen molar-refractivity contribution in [2.75, 3.05) is 11.5 Å². The molecule has 0 bridgehead atoms. The maximum absolute atomic E-state index is 13.7. The van der Waals surface area contributed by atoms with E-state index >= 15 is 0 Å². The minimum absolute atomic E-state index is 0.0223. The van der Waals surface area contributed by atoms with Crippen LogP contribution in [0.5, 0.6) is 5.75 Å². The van der Waals surface area contributed by atoms with Crippen LogP contribution in [0.25, 0.3) is 10.2 Å². The van der Waals surface area contributed by atoms with Gasteiger partial charge >= 0.3 is 0 Å². The lowest BCUT2D eigenvalue weighted by atomic mass is 10.2. The second-order valence-electron chi connectivity index (χ2n) is 6.37. The lowest BCUT2D eigenvalue weighted by Crippen LogP contribution is -2.30. The zero-order valence-corrected chi connectivity index (χ0v) is 16.8. The van der Waals surface area contributed by atoms with Crippen LogP contribution in [-0.2, 0) is 6.54 Å². The van der Waals surface area contributed by atoms with Crippen molar-refractivity contribution in [2.24, 2.45) is 0 Å². The van der Waals surface area contributed by atoms with Crippen LogP contribution in [0.2, 0.25) is 0 Å². The van der Waals surface area contributed by atoms with E-state index in [1.54, 1.807) is 18.3 Å². The number of hydrogen-bond donors (Lipinski definition) is 0. The number of benzene rings is 2. The molecule has 0 saturated carbocycles. The van der Waals surface area contributed by atoms with Gasteiger partial charge in [0.15, 0.2) is 16.8 Å². The Morgan fingerprint density at radius 2 is 1.97 bits per heavy atom. The van der Waals surface area contributed by atoms with E-state index in [0.29, 0.717) is 28.7 Å². The Balaban J connectivity index is 1.79. The third-order valence-electron chi connectivity index (χ3n) is 4.36. The number of para-hydroxylation sites is 1. The zero-order chi connectivity index (χ0) is 21.1. The predicted molar refractivity (Wildman–Crippen MR) is 112 cm³/mol. The van der Waals surface area contributed by atoms with Crippen molar-refractivity contribution >= 4 is 32.6 Å². The zero-order valence-electron chi connectivity index (χ0n) is 16.0. The summed E-state index contributed by atoms with van der Waals surface area (Å²) in [5, 5.41) is 0.414. The van der Waals surface area contributed by atoms with Crippen molar-refractivity contribution in [3.8, 4) is 5.75 Å². The predicted octanol–water partition coefficient (Wildman–Crippen LogP) is 5.22. The number of carbonyl (C=O) groups is 1. The fourth-order valence-corrected chi connectivity index (χ4v) is 3.94. The summed E-state index contributed by atoms with van der Waals surface area (Å²) in [7, 11) is 0. The fourth-order valence-electron chi connectivity index (χ4n) is 2.96. The number of aromatic nitrogens is 2. The highest BCUT2D eigenvalue weighted by Crippen LogP contribution is 2.35. The first-order valence-corrected chi connectivity index (χ1v) is 10.1. The summed E-state index contributed by atoms with van der Waals surface area (Å²) >= 11 is 1.31. The molecule has 4 rings (SSSR count). The van der Waals surface area contributed by atoms with Crippen LogP contribution in [0, 0.1) is 11.6 Å². The number of nitrogens with zero attached hydrogens (tertiary/aromatic N) is 3. The number of thiazole rings is 1. The highest BCUT2D eigenvalue weighted by atomic mass is 32.1. The summed E-state index contributed by atoms with van der Waals surface area (Å²) in [4.78, 5) is 23.6. The van der Waals surface area contributed by atoms with Crippen LogP contribution >= 0.6 is 11.3 Å². The maximum Gasteiger partial charge on any atom is 0.260 e. The Morgan fingerprint density at radius 1 is 1.10 bits per heavy atom. The molecule has 0 fully saturated rings. The van der Waals surface area contributed by atoms with Crippen LogP contribution < -0.4 is 9.64 Å². The molecule has 1 amide bonds. The number of pyridine rings is 1. The van der Waals surface area contributed by atoms with Gasteiger partial charge in [0.2, 0.25) is 0 Å². The molecule has 0 N–H and O–H groups in total.